The van der Waals surface area contributed by atoms with E-state index in [1.165, 1.54) is 0 Å². The van der Waals surface area contributed by atoms with Crippen LogP contribution in [0.25, 0.3) is 11.1 Å². The lowest BCUT2D eigenvalue weighted by Gasteiger charge is -2.28. The van der Waals surface area contributed by atoms with Gasteiger partial charge in [-0.15, -0.1) is 0 Å². The number of hydrogen-bond donors (Lipinski definition) is 5. The quantitative estimate of drug-likeness (QED) is 0.567. The molecule has 2 aromatic carbocycles. The van der Waals surface area contributed by atoms with Crippen LogP contribution in [-0.2, 0) is 11.4 Å². The molecule has 0 aromatic heterocycles. The van der Waals surface area contributed by atoms with E-state index >= 15 is 0 Å². The van der Waals surface area contributed by atoms with Crippen LogP contribution in [0, 0.1) is 0 Å². The largest absolute Gasteiger partial charge is 0.392 e. The van der Waals surface area contributed by atoms with Crippen molar-refractivity contribution >= 4 is 5.91 Å². The first kappa shape index (κ1) is 16.6. The van der Waals surface area contributed by atoms with Gasteiger partial charge < -0.3 is 20.6 Å². The fraction of sp³-hybridized carbons (Fsp3) is 0.278. The van der Waals surface area contributed by atoms with Crippen LogP contribution in [-0.4, -0.2) is 33.1 Å². The van der Waals surface area contributed by atoms with Crippen LogP contribution in [0.5, 0.6) is 0 Å². The number of aliphatic hydroxyl groups is 3. The van der Waals surface area contributed by atoms with E-state index in [0.29, 0.717) is 5.56 Å². The molecule has 1 saturated heterocycles. The summed E-state index contributed by atoms with van der Waals surface area (Å²) in [6.45, 7) is 1.55. The summed E-state index contributed by atoms with van der Waals surface area (Å²) in [7, 11) is 0. The molecule has 24 heavy (non-hydrogen) atoms. The highest BCUT2D eigenvalue weighted by Gasteiger charge is 2.47. The van der Waals surface area contributed by atoms with Crippen LogP contribution >= 0.6 is 0 Å². The Balaban J connectivity index is 1.82. The van der Waals surface area contributed by atoms with Crippen molar-refractivity contribution in [1.29, 1.82) is 0 Å². The van der Waals surface area contributed by atoms with Crippen molar-refractivity contribution in [2.45, 2.75) is 31.5 Å². The molecule has 3 rings (SSSR count). The van der Waals surface area contributed by atoms with Crippen LogP contribution in [0.1, 0.15) is 24.2 Å². The van der Waals surface area contributed by atoms with E-state index in [9.17, 15) is 15.0 Å². The maximum Gasteiger partial charge on any atom is 0.246 e. The lowest BCUT2D eigenvalue weighted by molar-refractivity contribution is -0.127. The second-order valence-electron chi connectivity index (χ2n) is 6.10. The van der Waals surface area contributed by atoms with Crippen LogP contribution in [0.3, 0.4) is 0 Å². The van der Waals surface area contributed by atoms with E-state index in [0.717, 1.165) is 16.7 Å². The van der Waals surface area contributed by atoms with Gasteiger partial charge in [0.05, 0.1) is 6.61 Å². The Labute approximate surface area is 139 Å². The lowest BCUT2D eigenvalue weighted by Crippen LogP contribution is -2.49. The average molecular weight is 328 g/mol. The van der Waals surface area contributed by atoms with E-state index in [4.69, 9.17) is 5.11 Å². The van der Waals surface area contributed by atoms with Crippen LogP contribution < -0.4 is 10.6 Å². The van der Waals surface area contributed by atoms with Gasteiger partial charge in [0.25, 0.3) is 0 Å². The summed E-state index contributed by atoms with van der Waals surface area (Å²) < 4.78 is 0. The van der Waals surface area contributed by atoms with Crippen LogP contribution in [0.2, 0.25) is 0 Å². The first-order valence-corrected chi connectivity index (χ1v) is 7.69. The minimum atomic E-state index is -1.29. The first-order chi connectivity index (χ1) is 11.4. The Morgan fingerprint density at radius 3 is 2.08 bits per heavy atom. The van der Waals surface area contributed by atoms with Gasteiger partial charge in [-0.05, 0) is 29.2 Å². The number of nitrogens with one attached hydrogen (secondary N) is 2. The number of benzene rings is 2. The summed E-state index contributed by atoms with van der Waals surface area (Å²) in [6, 6.07) is 14.8. The molecule has 1 aliphatic heterocycles. The predicted molar refractivity (Wildman–Crippen MR) is 88.5 cm³/mol. The summed E-state index contributed by atoms with van der Waals surface area (Å²) in [5, 5.41) is 34.1. The Hall–Kier alpha value is -2.25. The predicted octanol–water partition coefficient (Wildman–Crippen LogP) is 0.633. The van der Waals surface area contributed by atoms with Crippen molar-refractivity contribution < 1.29 is 20.1 Å². The Kier molecular flexibility index (Phi) is 4.38. The molecule has 6 heteroatoms. The van der Waals surface area contributed by atoms with Crippen molar-refractivity contribution in [1.82, 2.24) is 10.6 Å². The normalized spacial score (nSPS) is 24.7. The van der Waals surface area contributed by atoms with Crippen molar-refractivity contribution in [3.05, 3.63) is 59.7 Å². The molecule has 1 fully saturated rings. The molecule has 3 atom stereocenters. The van der Waals surface area contributed by atoms with Gasteiger partial charge in [0.2, 0.25) is 5.91 Å². The molecule has 0 radical (unpaired) electrons. The van der Waals surface area contributed by atoms with Gasteiger partial charge in [-0.3, -0.25) is 10.1 Å². The molecule has 3 unspecified atom stereocenters. The van der Waals surface area contributed by atoms with Crippen molar-refractivity contribution in [3.8, 4) is 11.1 Å². The topological polar surface area (TPSA) is 102 Å². The number of hydrogen-bond acceptors (Lipinski definition) is 5. The third-order valence-electron chi connectivity index (χ3n) is 4.42. The minimum absolute atomic E-state index is 0.00487. The van der Waals surface area contributed by atoms with Gasteiger partial charge in [0.1, 0.15) is 11.6 Å². The zero-order valence-electron chi connectivity index (χ0n) is 13.2. The van der Waals surface area contributed by atoms with E-state index in [2.05, 4.69) is 10.6 Å². The molecule has 5 N–H and O–H groups in total. The highest BCUT2D eigenvalue weighted by atomic mass is 16.3. The summed E-state index contributed by atoms with van der Waals surface area (Å²) in [6.07, 6.45) is -2.26. The fourth-order valence-corrected chi connectivity index (χ4v) is 2.86. The zero-order valence-corrected chi connectivity index (χ0v) is 13.2. The van der Waals surface area contributed by atoms with E-state index < -0.39 is 23.9 Å². The summed E-state index contributed by atoms with van der Waals surface area (Å²) >= 11 is 0. The van der Waals surface area contributed by atoms with Crippen molar-refractivity contribution in [2.24, 2.45) is 0 Å². The number of carbonyl (C=O) groups excluding carboxylic acids is 1. The minimum Gasteiger partial charge on any atom is -0.392 e. The number of amides is 1. The third kappa shape index (κ3) is 2.92. The first-order valence-electron chi connectivity index (χ1n) is 7.69. The molecular formula is C18H20N2O4. The maximum absolute atomic E-state index is 12.0. The van der Waals surface area contributed by atoms with E-state index in [-0.39, 0.29) is 6.61 Å². The maximum atomic E-state index is 12.0. The zero-order chi connectivity index (χ0) is 17.3. The monoisotopic (exact) mass is 328 g/mol. The number of rotatable bonds is 4. The summed E-state index contributed by atoms with van der Waals surface area (Å²) in [5.74, 6) is -0.453. The average Bonchev–Trinajstić information content (AvgIpc) is 2.87. The lowest BCUT2D eigenvalue weighted by atomic mass is 9.88. The molecule has 0 spiro atoms. The second kappa shape index (κ2) is 6.33. The smallest absolute Gasteiger partial charge is 0.246 e. The molecule has 1 aliphatic rings. The van der Waals surface area contributed by atoms with Gasteiger partial charge in [-0.25, -0.2) is 0 Å². The third-order valence-corrected chi connectivity index (χ3v) is 4.42. The van der Waals surface area contributed by atoms with Gasteiger partial charge in [-0.2, -0.15) is 0 Å². The van der Waals surface area contributed by atoms with E-state index in [1.54, 1.807) is 19.1 Å². The number of carbonyl (C=O) groups is 1. The number of aliphatic hydroxyl groups excluding tert-OH is 3. The van der Waals surface area contributed by atoms with Crippen LogP contribution in [0.15, 0.2) is 48.5 Å². The molecule has 0 bridgehead atoms. The molecule has 2 aromatic rings. The highest BCUT2D eigenvalue weighted by molar-refractivity contribution is 5.89. The second-order valence-corrected chi connectivity index (χ2v) is 6.10. The SMILES string of the molecule is CC1(C(O)c2ccc(-c3ccc(CO)cc3)cc2)NC(O)NC1=O. The Morgan fingerprint density at radius 2 is 1.62 bits per heavy atom. The van der Waals surface area contributed by atoms with Crippen molar-refractivity contribution in [3.63, 3.8) is 0 Å². The van der Waals surface area contributed by atoms with Gasteiger partial charge >= 0.3 is 0 Å². The molecule has 1 amide bonds. The summed E-state index contributed by atoms with van der Waals surface area (Å²) in [5.41, 5.74) is 2.08. The molecule has 1 heterocycles. The molecule has 0 saturated carbocycles. The van der Waals surface area contributed by atoms with E-state index in [1.807, 2.05) is 36.4 Å². The Morgan fingerprint density at radius 1 is 1.08 bits per heavy atom. The van der Waals surface area contributed by atoms with Gasteiger partial charge in [0, 0.05) is 0 Å². The summed E-state index contributed by atoms with van der Waals surface area (Å²) in [4.78, 5) is 12.0. The Bertz CT molecular complexity index is 730. The molecule has 0 aliphatic carbocycles. The molecule has 6 nitrogen and oxygen atoms in total. The fourth-order valence-electron chi connectivity index (χ4n) is 2.86. The van der Waals surface area contributed by atoms with Gasteiger partial charge in [0.15, 0.2) is 6.35 Å². The van der Waals surface area contributed by atoms with Gasteiger partial charge in [-0.1, -0.05) is 48.5 Å². The standard InChI is InChI=1S/C18H20N2O4/c1-18(16(23)19-17(24)20-18)15(22)14-8-6-13(7-9-14)12-4-2-11(10-21)3-5-12/h2-9,15,17,20-22,24H,10H2,1H3,(H,19,23). The van der Waals surface area contributed by atoms with Crippen LogP contribution in [0.4, 0.5) is 0 Å². The molecule has 126 valence electrons. The highest BCUT2D eigenvalue weighted by Crippen LogP contribution is 2.30. The molecular weight excluding hydrogens is 308 g/mol. The van der Waals surface area contributed by atoms with Crippen molar-refractivity contribution in [2.75, 3.05) is 0 Å².